The molecule has 1 saturated heterocycles. The van der Waals surface area contributed by atoms with Crippen molar-refractivity contribution in [2.45, 2.75) is 18.7 Å². The number of nitrogens with two attached hydrogens (primary N) is 1. The van der Waals surface area contributed by atoms with E-state index in [1.165, 1.54) is 18.0 Å². The van der Waals surface area contributed by atoms with Crippen LogP contribution in [-0.2, 0) is 4.74 Å². The van der Waals surface area contributed by atoms with Gasteiger partial charge in [0, 0.05) is 0 Å². The van der Waals surface area contributed by atoms with Crippen molar-refractivity contribution in [3.05, 3.63) is 6.33 Å². The van der Waals surface area contributed by atoms with Gasteiger partial charge in [-0.1, -0.05) is 0 Å². The van der Waals surface area contributed by atoms with E-state index in [9.17, 15) is 10.3 Å². The molecular formula is C10H14N6O5. The van der Waals surface area contributed by atoms with Gasteiger partial charge < -0.3 is 30.6 Å². The summed E-state index contributed by atoms with van der Waals surface area (Å²) in [6, 6.07) is 0. The van der Waals surface area contributed by atoms with Crippen LogP contribution in [-0.4, -0.2) is 66.1 Å². The van der Waals surface area contributed by atoms with E-state index in [0.29, 0.717) is 10.6 Å². The van der Waals surface area contributed by atoms with Crippen LogP contribution in [0.5, 0.6) is 5.88 Å². The highest BCUT2D eigenvalue weighted by atomic mass is 16.7. The molecule has 1 fully saturated rings. The van der Waals surface area contributed by atoms with Gasteiger partial charge >= 0.3 is 0 Å². The fourth-order valence-corrected chi connectivity index (χ4v) is 2.13. The highest BCUT2D eigenvalue weighted by molar-refractivity contribution is 5.77. The Morgan fingerprint density at radius 3 is 2.86 bits per heavy atom. The number of aliphatic hydroxyl groups excluding tert-OH is 2. The zero-order valence-corrected chi connectivity index (χ0v) is 11.0. The Bertz CT molecular complexity index is 663. The summed E-state index contributed by atoms with van der Waals surface area (Å²) in [5.41, 5.74) is 6.18. The van der Waals surface area contributed by atoms with Crippen LogP contribution in [0, 0.1) is 0 Å². The molecular weight excluding hydrogens is 284 g/mol. The van der Waals surface area contributed by atoms with Crippen molar-refractivity contribution in [1.29, 1.82) is 0 Å². The van der Waals surface area contributed by atoms with Crippen LogP contribution in [0.25, 0.3) is 11.2 Å². The molecule has 0 aliphatic carbocycles. The number of fused-ring (bicyclic) bond motifs is 1. The monoisotopic (exact) mass is 298 g/mol. The van der Waals surface area contributed by atoms with E-state index in [1.807, 2.05) is 0 Å². The summed E-state index contributed by atoms with van der Waals surface area (Å²) < 4.78 is 11.8. The molecule has 0 saturated carbocycles. The van der Waals surface area contributed by atoms with Gasteiger partial charge in [0.2, 0.25) is 18.2 Å². The summed E-state index contributed by atoms with van der Waals surface area (Å²) in [6.45, 7) is -0.457. The molecule has 11 heteroatoms. The highest BCUT2D eigenvalue weighted by Gasteiger charge is 2.42. The Morgan fingerprint density at radius 1 is 1.48 bits per heavy atom. The third kappa shape index (κ3) is 2.07. The first-order valence-electron chi connectivity index (χ1n) is 6.02. The zero-order valence-electron chi connectivity index (χ0n) is 11.0. The fraction of sp³-hybridized carbons (Fsp3) is 0.500. The molecule has 0 amide bonds. The lowest BCUT2D eigenvalue weighted by atomic mass is 10.3. The van der Waals surface area contributed by atoms with Gasteiger partial charge in [-0.25, -0.2) is 4.98 Å². The van der Waals surface area contributed by atoms with Gasteiger partial charge in [-0.3, -0.25) is 4.57 Å². The summed E-state index contributed by atoms with van der Waals surface area (Å²) in [6.07, 6.45) is -2.11. The number of hydrogen-bond acceptors (Lipinski definition) is 10. The summed E-state index contributed by atoms with van der Waals surface area (Å²) >= 11 is 0. The van der Waals surface area contributed by atoms with Crippen LogP contribution < -0.4 is 10.5 Å². The molecule has 3 heterocycles. The topological polar surface area (TPSA) is 152 Å². The van der Waals surface area contributed by atoms with Crippen LogP contribution in [0.1, 0.15) is 6.35 Å². The summed E-state index contributed by atoms with van der Waals surface area (Å²) in [5.74, 6) is 0.140. The van der Waals surface area contributed by atoms with E-state index in [0.717, 1.165) is 0 Å². The van der Waals surface area contributed by atoms with Crippen LogP contribution in [0.2, 0.25) is 0 Å². The maximum atomic E-state index is 9.88. The molecule has 0 unspecified atom stereocenters. The summed E-state index contributed by atoms with van der Waals surface area (Å²) in [7, 11) is 1.41. The lowest BCUT2D eigenvalue weighted by Gasteiger charge is -2.19. The van der Waals surface area contributed by atoms with Crippen molar-refractivity contribution < 1.29 is 24.9 Å². The lowest BCUT2D eigenvalue weighted by Crippen LogP contribution is -2.35. The first kappa shape index (κ1) is 13.9. The predicted molar refractivity (Wildman–Crippen MR) is 66.9 cm³/mol. The number of nitrogen functional groups attached to an aromatic ring is 1. The average molecular weight is 298 g/mol. The number of hydrogen-bond donors (Lipinski definition) is 4. The molecule has 1 aliphatic heterocycles. The van der Waals surface area contributed by atoms with Crippen molar-refractivity contribution in [2.24, 2.45) is 0 Å². The number of aliphatic hydroxyl groups is 2. The predicted octanol–water partition coefficient (Wildman–Crippen LogP) is -1.73. The van der Waals surface area contributed by atoms with Gasteiger partial charge in [-0.05, 0) is 0 Å². The molecule has 0 aromatic carbocycles. The fourth-order valence-electron chi connectivity index (χ4n) is 2.13. The molecule has 0 spiro atoms. The normalized spacial score (nSPS) is 26.6. The molecule has 11 nitrogen and oxygen atoms in total. The van der Waals surface area contributed by atoms with Crippen LogP contribution in [0.4, 0.5) is 5.95 Å². The van der Waals surface area contributed by atoms with Gasteiger partial charge in [-0.2, -0.15) is 9.97 Å². The molecule has 3 rings (SSSR count). The number of ether oxygens (including phenoxy) is 2. The van der Waals surface area contributed by atoms with Crippen molar-refractivity contribution >= 4 is 17.1 Å². The third-order valence-electron chi connectivity index (χ3n) is 3.14. The molecule has 21 heavy (non-hydrogen) atoms. The molecule has 2 aromatic rings. The number of nitrogens with zero attached hydrogens (tertiary/aromatic N) is 5. The highest BCUT2D eigenvalue weighted by Crippen LogP contribution is 2.31. The largest absolute Gasteiger partial charge is 0.479 e. The van der Waals surface area contributed by atoms with E-state index in [4.69, 9.17) is 20.3 Å². The van der Waals surface area contributed by atoms with Crippen molar-refractivity contribution in [1.82, 2.24) is 24.6 Å². The quantitative estimate of drug-likeness (QED) is 0.514. The van der Waals surface area contributed by atoms with E-state index < -0.39 is 25.3 Å². The first-order valence-corrected chi connectivity index (χ1v) is 6.02. The smallest absolute Gasteiger partial charge is 0.246 e. The number of imidazole rings is 1. The van der Waals surface area contributed by atoms with Gasteiger partial charge in [-0.15, -0.1) is 5.06 Å². The van der Waals surface area contributed by atoms with Gasteiger partial charge in [0.1, 0.15) is 12.4 Å². The maximum Gasteiger partial charge on any atom is 0.246 e. The van der Waals surface area contributed by atoms with E-state index in [1.54, 1.807) is 0 Å². The minimum absolute atomic E-state index is 0.0390. The molecule has 1 aliphatic rings. The second kappa shape index (κ2) is 5.05. The molecule has 2 aromatic heterocycles. The second-order valence-electron chi connectivity index (χ2n) is 4.39. The van der Waals surface area contributed by atoms with Gasteiger partial charge in [0.15, 0.2) is 17.4 Å². The first-order chi connectivity index (χ1) is 10.1. The zero-order chi connectivity index (χ0) is 15.1. The van der Waals surface area contributed by atoms with Crippen molar-refractivity contribution in [3.8, 4) is 5.88 Å². The Morgan fingerprint density at radius 2 is 2.24 bits per heavy atom. The molecule has 114 valence electrons. The number of aromatic nitrogens is 4. The van der Waals surface area contributed by atoms with E-state index in [2.05, 4.69) is 15.0 Å². The van der Waals surface area contributed by atoms with E-state index in [-0.39, 0.29) is 17.5 Å². The number of hydroxylamine groups is 2. The Balaban J connectivity index is 2.07. The molecule has 0 radical (unpaired) electrons. The second-order valence-corrected chi connectivity index (χ2v) is 4.39. The molecule has 5 N–H and O–H groups in total. The van der Waals surface area contributed by atoms with E-state index >= 15 is 0 Å². The van der Waals surface area contributed by atoms with Crippen molar-refractivity contribution in [2.75, 3.05) is 19.5 Å². The minimum Gasteiger partial charge on any atom is -0.479 e. The SMILES string of the molecule is COc1nc(N)nc2c1ncn2[C@H]1O[C@H](CO)[C@@H](O)N1O. The summed E-state index contributed by atoms with van der Waals surface area (Å²) in [4.78, 5) is 12.0. The summed E-state index contributed by atoms with van der Waals surface area (Å²) in [5, 5.41) is 29.3. The molecule has 0 bridgehead atoms. The number of methoxy groups -OCH3 is 1. The third-order valence-corrected chi connectivity index (χ3v) is 3.14. The van der Waals surface area contributed by atoms with Crippen LogP contribution >= 0.6 is 0 Å². The number of anilines is 1. The minimum atomic E-state index is -1.38. The Hall–Kier alpha value is -2.05. The van der Waals surface area contributed by atoms with Crippen LogP contribution in [0.3, 0.4) is 0 Å². The standard InChI is InChI=1S/C10H14N6O5/c1-20-7-5-6(13-9(11)14-7)15(3-12-5)10-16(19)8(18)4(2-17)21-10/h3-4,8,10,17-19H,2H2,1H3,(H2,11,13,14)/t4-,8-,10-/m1/s1. The Kier molecular flexibility index (Phi) is 3.35. The van der Waals surface area contributed by atoms with Crippen LogP contribution in [0.15, 0.2) is 6.33 Å². The van der Waals surface area contributed by atoms with Gasteiger partial charge in [0.25, 0.3) is 0 Å². The number of rotatable bonds is 3. The maximum absolute atomic E-state index is 9.88. The average Bonchev–Trinajstić information content (AvgIpc) is 3.01. The van der Waals surface area contributed by atoms with Gasteiger partial charge in [0.05, 0.1) is 13.7 Å². The lowest BCUT2D eigenvalue weighted by molar-refractivity contribution is -0.234. The van der Waals surface area contributed by atoms with Crippen molar-refractivity contribution in [3.63, 3.8) is 0 Å². The molecule has 3 atom stereocenters. The Labute approximate surface area is 118 Å².